The lowest BCUT2D eigenvalue weighted by Crippen LogP contribution is -2.56. The molecule has 29 heavy (non-hydrogen) atoms. The molecule has 2 aromatic carbocycles. The van der Waals surface area contributed by atoms with Gasteiger partial charge in [0.05, 0.1) is 0 Å². The Bertz CT molecular complexity index is 929. The highest BCUT2D eigenvalue weighted by Crippen LogP contribution is 2.43. The second-order valence-corrected chi connectivity index (χ2v) is 6.70. The predicted molar refractivity (Wildman–Crippen MR) is 97.4 cm³/mol. The van der Waals surface area contributed by atoms with E-state index in [4.69, 9.17) is 0 Å². The van der Waals surface area contributed by atoms with Crippen LogP contribution in [0.15, 0.2) is 54.6 Å². The van der Waals surface area contributed by atoms with Gasteiger partial charge in [-0.05, 0) is 18.1 Å². The van der Waals surface area contributed by atoms with E-state index < -0.39 is 41.7 Å². The zero-order valence-corrected chi connectivity index (χ0v) is 15.4. The van der Waals surface area contributed by atoms with Gasteiger partial charge in [0.1, 0.15) is 6.54 Å². The van der Waals surface area contributed by atoms with Gasteiger partial charge in [-0.25, -0.2) is 4.79 Å². The highest BCUT2D eigenvalue weighted by atomic mass is 19.4. The number of halogens is 3. The fourth-order valence-corrected chi connectivity index (χ4v) is 3.07. The number of benzene rings is 2. The largest absolute Gasteiger partial charge is 0.425 e. The number of imide groups is 1. The van der Waals surface area contributed by atoms with Crippen LogP contribution in [0.25, 0.3) is 0 Å². The smallest absolute Gasteiger partial charge is 0.350 e. The number of carbonyl (C=O) groups excluding carboxylic acids is 3. The average Bonchev–Trinajstić information content (AvgIpc) is 2.94. The number of nitrogens with zero attached hydrogens (tertiary/aromatic N) is 1. The standard InChI is InChI=1S/C20H18F3N3O3/c1-13-7-9-14(10-8-13)11-24-16(27)12-26-17(28)19(20(21,22)23,25-18(26)29)15-5-3-2-4-6-15/h2-10H,11-12H2,1H3,(H,24,27)(H,25,29). The lowest BCUT2D eigenvalue weighted by atomic mass is 9.89. The van der Waals surface area contributed by atoms with Gasteiger partial charge in [0.2, 0.25) is 11.4 Å². The van der Waals surface area contributed by atoms with Gasteiger partial charge < -0.3 is 10.6 Å². The van der Waals surface area contributed by atoms with Crippen LogP contribution in [0.2, 0.25) is 0 Å². The molecule has 1 atom stereocenters. The molecule has 0 aliphatic carbocycles. The second-order valence-electron chi connectivity index (χ2n) is 6.70. The zero-order chi connectivity index (χ0) is 21.2. The first-order chi connectivity index (χ1) is 13.6. The molecule has 1 aliphatic heterocycles. The molecule has 1 unspecified atom stereocenters. The maximum atomic E-state index is 13.9. The lowest BCUT2D eigenvalue weighted by Gasteiger charge is -2.29. The molecule has 4 amide bonds. The van der Waals surface area contributed by atoms with Crippen LogP contribution >= 0.6 is 0 Å². The summed E-state index contributed by atoms with van der Waals surface area (Å²) in [7, 11) is 0. The van der Waals surface area contributed by atoms with Gasteiger partial charge in [-0.2, -0.15) is 13.2 Å². The maximum absolute atomic E-state index is 13.9. The summed E-state index contributed by atoms with van der Waals surface area (Å²) in [5.41, 5.74) is -1.84. The summed E-state index contributed by atoms with van der Waals surface area (Å²) in [6, 6.07) is 12.3. The molecule has 2 N–H and O–H groups in total. The number of hydrogen-bond donors (Lipinski definition) is 2. The molecule has 1 saturated heterocycles. The minimum Gasteiger partial charge on any atom is -0.350 e. The van der Waals surface area contributed by atoms with Gasteiger partial charge in [0.15, 0.2) is 0 Å². The molecule has 0 spiro atoms. The Balaban J connectivity index is 1.77. The van der Waals surface area contributed by atoms with Gasteiger partial charge in [-0.15, -0.1) is 0 Å². The average molecular weight is 405 g/mol. The topological polar surface area (TPSA) is 78.5 Å². The van der Waals surface area contributed by atoms with E-state index in [1.165, 1.54) is 18.2 Å². The number of urea groups is 1. The molecular formula is C20H18F3N3O3. The summed E-state index contributed by atoms with van der Waals surface area (Å²) in [5, 5.41) is 4.24. The molecular weight excluding hydrogens is 387 g/mol. The molecule has 9 heteroatoms. The van der Waals surface area contributed by atoms with Crippen LogP contribution in [0.4, 0.5) is 18.0 Å². The molecule has 6 nitrogen and oxygen atoms in total. The molecule has 2 aromatic rings. The third-order valence-corrected chi connectivity index (χ3v) is 4.65. The third-order valence-electron chi connectivity index (χ3n) is 4.65. The molecule has 1 heterocycles. The van der Waals surface area contributed by atoms with Gasteiger partial charge in [0, 0.05) is 6.54 Å². The summed E-state index contributed by atoms with van der Waals surface area (Å²) >= 11 is 0. The van der Waals surface area contributed by atoms with Crippen LogP contribution in [0, 0.1) is 6.92 Å². The van der Waals surface area contributed by atoms with Crippen LogP contribution < -0.4 is 10.6 Å². The Labute approximate surface area is 164 Å². The maximum Gasteiger partial charge on any atom is 0.425 e. The lowest BCUT2D eigenvalue weighted by molar-refractivity contribution is -0.198. The van der Waals surface area contributed by atoms with Gasteiger partial charge in [-0.3, -0.25) is 14.5 Å². The van der Waals surface area contributed by atoms with Crippen molar-refractivity contribution in [2.24, 2.45) is 0 Å². The van der Waals surface area contributed by atoms with E-state index in [9.17, 15) is 27.6 Å². The summed E-state index contributed by atoms with van der Waals surface area (Å²) < 4.78 is 41.6. The molecule has 0 radical (unpaired) electrons. The number of rotatable bonds is 5. The van der Waals surface area contributed by atoms with Crippen molar-refractivity contribution in [1.29, 1.82) is 0 Å². The number of nitrogens with one attached hydrogen (secondary N) is 2. The van der Waals surface area contributed by atoms with E-state index in [-0.39, 0.29) is 11.4 Å². The van der Waals surface area contributed by atoms with Crippen molar-refractivity contribution in [1.82, 2.24) is 15.5 Å². The van der Waals surface area contributed by atoms with Crippen molar-refractivity contribution in [2.45, 2.75) is 25.2 Å². The van der Waals surface area contributed by atoms with Gasteiger partial charge >= 0.3 is 12.2 Å². The Hall–Kier alpha value is -3.36. The van der Waals surface area contributed by atoms with Crippen LogP contribution in [0.5, 0.6) is 0 Å². The van der Waals surface area contributed by atoms with Crippen molar-refractivity contribution in [2.75, 3.05) is 6.54 Å². The van der Waals surface area contributed by atoms with Crippen LogP contribution in [-0.2, 0) is 21.7 Å². The molecule has 1 fully saturated rings. The van der Waals surface area contributed by atoms with E-state index in [0.29, 0.717) is 0 Å². The molecule has 3 rings (SSSR count). The van der Waals surface area contributed by atoms with E-state index in [0.717, 1.165) is 23.3 Å². The quantitative estimate of drug-likeness (QED) is 0.751. The number of aryl methyl sites for hydroxylation is 1. The fraction of sp³-hybridized carbons (Fsp3) is 0.250. The Kier molecular flexibility index (Phi) is 5.32. The summed E-state index contributed by atoms with van der Waals surface area (Å²) in [4.78, 5) is 37.3. The summed E-state index contributed by atoms with van der Waals surface area (Å²) in [6.45, 7) is 1.20. The highest BCUT2D eigenvalue weighted by Gasteiger charge is 2.68. The predicted octanol–water partition coefficient (Wildman–Crippen LogP) is 2.62. The van der Waals surface area contributed by atoms with Gasteiger partial charge in [-0.1, -0.05) is 60.2 Å². The number of carbonyl (C=O) groups is 3. The molecule has 1 aliphatic rings. The number of amides is 4. The van der Waals surface area contributed by atoms with Crippen molar-refractivity contribution in [3.05, 3.63) is 71.3 Å². The van der Waals surface area contributed by atoms with E-state index in [1.807, 2.05) is 19.1 Å². The molecule has 0 bridgehead atoms. The van der Waals surface area contributed by atoms with Crippen LogP contribution in [0.3, 0.4) is 0 Å². The minimum atomic E-state index is -5.09. The van der Waals surface area contributed by atoms with Crippen molar-refractivity contribution in [3.8, 4) is 0 Å². The summed E-state index contributed by atoms with van der Waals surface area (Å²) in [6.07, 6.45) is -5.09. The van der Waals surface area contributed by atoms with Crippen LogP contribution in [-0.4, -0.2) is 35.5 Å². The first-order valence-corrected chi connectivity index (χ1v) is 8.74. The number of alkyl halides is 3. The SMILES string of the molecule is Cc1ccc(CNC(=O)CN2C(=O)NC(c3ccccc3)(C(F)(F)F)C2=O)cc1. The van der Waals surface area contributed by atoms with Gasteiger partial charge in [0.25, 0.3) is 5.91 Å². The molecule has 152 valence electrons. The van der Waals surface area contributed by atoms with E-state index in [2.05, 4.69) is 5.32 Å². The zero-order valence-electron chi connectivity index (χ0n) is 15.4. The monoisotopic (exact) mass is 405 g/mol. The van der Waals surface area contributed by atoms with Crippen LogP contribution in [0.1, 0.15) is 16.7 Å². The second kappa shape index (κ2) is 7.57. The van der Waals surface area contributed by atoms with E-state index >= 15 is 0 Å². The Morgan fingerprint density at radius 2 is 1.69 bits per heavy atom. The summed E-state index contributed by atoms with van der Waals surface area (Å²) in [5.74, 6) is -2.29. The number of hydrogen-bond acceptors (Lipinski definition) is 3. The minimum absolute atomic E-state index is 0.117. The first-order valence-electron chi connectivity index (χ1n) is 8.74. The normalized spacial score (nSPS) is 19.2. The Morgan fingerprint density at radius 3 is 2.28 bits per heavy atom. The first kappa shape index (κ1) is 20.4. The van der Waals surface area contributed by atoms with Crippen molar-refractivity contribution >= 4 is 17.8 Å². The van der Waals surface area contributed by atoms with Crippen molar-refractivity contribution in [3.63, 3.8) is 0 Å². The molecule has 0 aromatic heterocycles. The van der Waals surface area contributed by atoms with Crippen molar-refractivity contribution < 1.29 is 27.6 Å². The Morgan fingerprint density at radius 1 is 1.07 bits per heavy atom. The van der Waals surface area contributed by atoms with E-state index in [1.54, 1.807) is 17.4 Å². The molecule has 0 saturated carbocycles. The fourth-order valence-electron chi connectivity index (χ4n) is 3.07. The third kappa shape index (κ3) is 3.80. The highest BCUT2D eigenvalue weighted by molar-refractivity contribution is 6.09.